The van der Waals surface area contributed by atoms with Gasteiger partial charge in [-0.25, -0.2) is 8.42 Å². The molecule has 1 amide bonds. The van der Waals surface area contributed by atoms with Crippen LogP contribution in [0.2, 0.25) is 0 Å². The topological polar surface area (TPSA) is 66.5 Å². The third-order valence-electron chi connectivity index (χ3n) is 4.94. The van der Waals surface area contributed by atoms with E-state index in [-0.39, 0.29) is 16.3 Å². The van der Waals surface area contributed by atoms with Crippen LogP contribution in [0.5, 0.6) is 0 Å². The van der Waals surface area contributed by atoms with Crippen LogP contribution in [0, 0.1) is 0 Å². The first-order valence-corrected chi connectivity index (χ1v) is 11.2. The zero-order valence-electron chi connectivity index (χ0n) is 15.4. The first-order valence-electron chi connectivity index (χ1n) is 9.01. The van der Waals surface area contributed by atoms with Gasteiger partial charge >= 0.3 is 0 Å². The maximum Gasteiger partial charge on any atom is 0.252 e. The van der Waals surface area contributed by atoms with Gasteiger partial charge in [0.15, 0.2) is 0 Å². The average molecular weight is 451 g/mol. The molecule has 144 valence electrons. The second kappa shape index (κ2) is 7.73. The molecule has 0 spiro atoms. The maximum atomic E-state index is 12.8. The highest BCUT2D eigenvalue weighted by atomic mass is 79.9. The molecule has 1 aliphatic rings. The number of hydrogen-bond acceptors (Lipinski definition) is 3. The zero-order chi connectivity index (χ0) is 19.7. The highest BCUT2D eigenvalue weighted by Crippen LogP contribution is 2.45. The molecule has 1 fully saturated rings. The second-order valence-electron chi connectivity index (χ2n) is 6.66. The molecule has 0 saturated heterocycles. The highest BCUT2D eigenvalue weighted by molar-refractivity contribution is 9.10. The molecule has 1 saturated carbocycles. The minimum Gasteiger partial charge on any atom is -0.343 e. The van der Waals surface area contributed by atoms with Crippen LogP contribution in [0.1, 0.15) is 42.6 Å². The van der Waals surface area contributed by atoms with Gasteiger partial charge in [0, 0.05) is 23.1 Å². The van der Waals surface area contributed by atoms with Crippen molar-refractivity contribution in [1.29, 1.82) is 0 Å². The smallest absolute Gasteiger partial charge is 0.252 e. The van der Waals surface area contributed by atoms with E-state index in [0.29, 0.717) is 18.7 Å². The van der Waals surface area contributed by atoms with E-state index in [1.165, 1.54) is 16.4 Å². The molecule has 2 aromatic carbocycles. The quantitative estimate of drug-likeness (QED) is 0.695. The van der Waals surface area contributed by atoms with Gasteiger partial charge in [0.1, 0.15) is 0 Å². The first kappa shape index (κ1) is 20.0. The lowest BCUT2D eigenvalue weighted by Gasteiger charge is -2.20. The average Bonchev–Trinajstić information content (AvgIpc) is 3.43. The normalized spacial score (nSPS) is 15.6. The number of carbonyl (C=O) groups is 1. The summed E-state index contributed by atoms with van der Waals surface area (Å²) in [6, 6.07) is 14.2. The zero-order valence-corrected chi connectivity index (χ0v) is 17.8. The fourth-order valence-corrected chi connectivity index (χ4v) is 4.95. The van der Waals surface area contributed by atoms with E-state index >= 15 is 0 Å². The molecule has 0 atom stereocenters. The van der Waals surface area contributed by atoms with E-state index in [1.54, 1.807) is 26.0 Å². The number of nitrogens with zero attached hydrogens (tertiary/aromatic N) is 1. The van der Waals surface area contributed by atoms with E-state index in [2.05, 4.69) is 21.2 Å². The van der Waals surface area contributed by atoms with Crippen molar-refractivity contribution in [2.24, 2.45) is 0 Å². The third-order valence-corrected chi connectivity index (χ3v) is 7.51. The summed E-state index contributed by atoms with van der Waals surface area (Å²) < 4.78 is 27.8. The van der Waals surface area contributed by atoms with Crippen molar-refractivity contribution in [3.8, 4) is 0 Å². The molecular formula is C20H23BrN2O3S. The van der Waals surface area contributed by atoms with Crippen molar-refractivity contribution in [1.82, 2.24) is 9.62 Å². The Morgan fingerprint density at radius 3 is 2.30 bits per heavy atom. The summed E-state index contributed by atoms with van der Waals surface area (Å²) in [5.74, 6) is -0.257. The van der Waals surface area contributed by atoms with Crippen molar-refractivity contribution in [3.63, 3.8) is 0 Å². The Balaban J connectivity index is 1.83. The molecule has 5 nitrogen and oxygen atoms in total. The number of carbonyl (C=O) groups excluding carboxylic acids is 1. The van der Waals surface area contributed by atoms with Gasteiger partial charge in [0.2, 0.25) is 10.0 Å². The number of halogens is 1. The van der Waals surface area contributed by atoms with Gasteiger partial charge in [-0.2, -0.15) is 4.31 Å². The van der Waals surface area contributed by atoms with Gasteiger partial charge in [0.05, 0.1) is 10.4 Å². The molecule has 1 aliphatic carbocycles. The van der Waals surface area contributed by atoms with E-state index in [4.69, 9.17) is 0 Å². The van der Waals surface area contributed by atoms with Gasteiger partial charge in [-0.3, -0.25) is 4.79 Å². The number of nitrogens with one attached hydrogen (secondary N) is 1. The third kappa shape index (κ3) is 4.10. The Morgan fingerprint density at radius 1 is 1.11 bits per heavy atom. The lowest BCUT2D eigenvalue weighted by Crippen LogP contribution is -2.35. The number of rotatable bonds is 7. The van der Waals surface area contributed by atoms with Gasteiger partial charge in [-0.1, -0.05) is 48.0 Å². The van der Waals surface area contributed by atoms with Crippen LogP contribution in [-0.2, 0) is 15.6 Å². The van der Waals surface area contributed by atoms with Crippen LogP contribution < -0.4 is 5.32 Å². The van der Waals surface area contributed by atoms with E-state index < -0.39 is 10.0 Å². The van der Waals surface area contributed by atoms with Crippen molar-refractivity contribution in [2.75, 3.05) is 13.1 Å². The number of benzene rings is 2. The van der Waals surface area contributed by atoms with Crippen LogP contribution in [0.15, 0.2) is 57.9 Å². The number of hydrogen-bond donors (Lipinski definition) is 1. The molecule has 0 unspecified atom stereocenters. The minimum absolute atomic E-state index is 0.146. The molecule has 0 aromatic heterocycles. The molecule has 2 aromatic rings. The van der Waals surface area contributed by atoms with Gasteiger partial charge in [-0.15, -0.1) is 0 Å². The summed E-state index contributed by atoms with van der Waals surface area (Å²) in [6.07, 6.45) is 1.75. The standard InChI is InChI=1S/C20H23BrN2O3S/c1-3-23(4-2)27(25,26)18-7-5-6-15(14-18)19(24)22-20(12-13-20)16-8-10-17(21)11-9-16/h5-11,14H,3-4,12-13H2,1-2H3,(H,22,24). The molecule has 0 aliphatic heterocycles. The van der Waals surface area contributed by atoms with Crippen LogP contribution in [0.25, 0.3) is 0 Å². The van der Waals surface area contributed by atoms with Crippen molar-refractivity contribution >= 4 is 31.9 Å². The predicted octanol–water partition coefficient (Wildman–Crippen LogP) is 3.90. The lowest BCUT2D eigenvalue weighted by atomic mass is 10.0. The number of sulfonamides is 1. The molecule has 1 N–H and O–H groups in total. The fraction of sp³-hybridized carbons (Fsp3) is 0.350. The van der Waals surface area contributed by atoms with Gasteiger partial charge in [-0.05, 0) is 48.7 Å². The molecule has 0 heterocycles. The van der Waals surface area contributed by atoms with Crippen molar-refractivity contribution in [3.05, 3.63) is 64.1 Å². The fourth-order valence-electron chi connectivity index (χ4n) is 3.18. The van der Waals surface area contributed by atoms with Crippen LogP contribution >= 0.6 is 15.9 Å². The SMILES string of the molecule is CCN(CC)S(=O)(=O)c1cccc(C(=O)NC2(c3ccc(Br)cc3)CC2)c1. The minimum atomic E-state index is -3.59. The molecule has 0 bridgehead atoms. The lowest BCUT2D eigenvalue weighted by molar-refractivity contribution is 0.0930. The highest BCUT2D eigenvalue weighted by Gasteiger charge is 2.45. The Morgan fingerprint density at radius 2 is 1.74 bits per heavy atom. The van der Waals surface area contributed by atoms with Crippen LogP contribution in [0.4, 0.5) is 0 Å². The largest absolute Gasteiger partial charge is 0.343 e. The monoisotopic (exact) mass is 450 g/mol. The molecule has 27 heavy (non-hydrogen) atoms. The summed E-state index contributed by atoms with van der Waals surface area (Å²) in [5, 5.41) is 3.09. The van der Waals surface area contributed by atoms with E-state index in [1.807, 2.05) is 24.3 Å². The Bertz CT molecular complexity index is 934. The van der Waals surface area contributed by atoms with Crippen molar-refractivity contribution in [2.45, 2.75) is 37.1 Å². The summed E-state index contributed by atoms with van der Waals surface area (Å²) >= 11 is 3.42. The van der Waals surface area contributed by atoms with Crippen molar-refractivity contribution < 1.29 is 13.2 Å². The molecular weight excluding hydrogens is 428 g/mol. The van der Waals surface area contributed by atoms with Crippen LogP contribution in [-0.4, -0.2) is 31.7 Å². The Labute approximate surface area is 169 Å². The summed E-state index contributed by atoms with van der Waals surface area (Å²) in [7, 11) is -3.59. The summed E-state index contributed by atoms with van der Waals surface area (Å²) in [4.78, 5) is 12.9. The van der Waals surface area contributed by atoms with Crippen LogP contribution in [0.3, 0.4) is 0 Å². The van der Waals surface area contributed by atoms with E-state index in [9.17, 15) is 13.2 Å². The molecule has 3 rings (SSSR count). The summed E-state index contributed by atoms with van der Waals surface area (Å²) in [6.45, 7) is 4.38. The summed E-state index contributed by atoms with van der Waals surface area (Å²) in [5.41, 5.74) is 1.06. The number of amides is 1. The Hall–Kier alpha value is -1.70. The first-order chi connectivity index (χ1) is 12.8. The van der Waals surface area contributed by atoms with Gasteiger partial charge in [0.25, 0.3) is 5.91 Å². The van der Waals surface area contributed by atoms with E-state index in [0.717, 1.165) is 22.9 Å². The predicted molar refractivity (Wildman–Crippen MR) is 109 cm³/mol. The Kier molecular flexibility index (Phi) is 5.74. The second-order valence-corrected chi connectivity index (χ2v) is 9.51. The van der Waals surface area contributed by atoms with Gasteiger partial charge < -0.3 is 5.32 Å². The molecule has 7 heteroatoms. The molecule has 0 radical (unpaired) electrons. The maximum absolute atomic E-state index is 12.8.